The third-order valence-electron chi connectivity index (χ3n) is 1.38. The molecule has 6 heteroatoms. The Balaban J connectivity index is 0.000000720. The van der Waals surface area contributed by atoms with Crippen molar-refractivity contribution in [2.24, 2.45) is 0 Å². The Morgan fingerprint density at radius 3 is 2.31 bits per heavy atom. The number of hydrogen-bond donors (Lipinski definition) is 1. The zero-order valence-corrected chi connectivity index (χ0v) is 9.31. The van der Waals surface area contributed by atoms with Gasteiger partial charge in [0.25, 0.3) is 0 Å². The summed E-state index contributed by atoms with van der Waals surface area (Å²) in [6.45, 7) is 0. The van der Waals surface area contributed by atoms with Gasteiger partial charge in [0.15, 0.2) is 0 Å². The summed E-state index contributed by atoms with van der Waals surface area (Å²) < 4.78 is 0. The maximum absolute atomic E-state index is 3.84. The Morgan fingerprint density at radius 1 is 1.08 bits per heavy atom. The predicted molar refractivity (Wildman–Crippen MR) is 45.4 cm³/mol. The first kappa shape index (κ1) is 12.4. The van der Waals surface area contributed by atoms with Crippen LogP contribution in [-0.4, -0.2) is 29.0 Å². The van der Waals surface area contributed by atoms with Crippen molar-refractivity contribution in [2.75, 3.05) is 0 Å². The zero-order chi connectivity index (χ0) is 7.52. The second-order valence-electron chi connectivity index (χ2n) is 2.10. The first-order valence-electron chi connectivity index (χ1n) is 3.26. The number of nitrogens with one attached hydrogen (secondary N) is 1. The zero-order valence-electron chi connectivity index (χ0n) is 7.31. The Kier molecular flexibility index (Phi) is 5.62. The van der Waals surface area contributed by atoms with Gasteiger partial charge in [-0.1, -0.05) is 30.3 Å². The van der Waals surface area contributed by atoms with Gasteiger partial charge in [0.1, 0.15) is 0 Å². The Hall–Kier alpha value is -0.645. The summed E-state index contributed by atoms with van der Waals surface area (Å²) in [6.07, 6.45) is 0. The van der Waals surface area contributed by atoms with Crippen LogP contribution in [0.15, 0.2) is 30.3 Å². The van der Waals surface area contributed by atoms with Gasteiger partial charge in [-0.3, -0.25) is 0 Å². The van der Waals surface area contributed by atoms with E-state index in [0.717, 1.165) is 5.56 Å². The fourth-order valence-electron chi connectivity index (χ4n) is 0.871. The van der Waals surface area contributed by atoms with E-state index in [-0.39, 0.29) is 38.0 Å². The normalized spacial score (nSPS) is 8.31. The van der Waals surface area contributed by atoms with E-state index in [4.69, 9.17) is 0 Å². The molecule has 0 atom stereocenters. The topological polar surface area (TPSA) is 54.5 Å². The Morgan fingerprint density at radius 2 is 1.77 bits per heavy atom. The minimum Gasteiger partial charge on any atom is -1.00 e. The van der Waals surface area contributed by atoms with Crippen molar-refractivity contribution < 1.29 is 29.6 Å². The molecule has 0 saturated heterocycles. The predicted octanol–water partition coefficient (Wildman–Crippen LogP) is -2.51. The van der Waals surface area contributed by atoms with Crippen LogP contribution in [0, 0.1) is 0 Å². The molecule has 0 aliphatic rings. The van der Waals surface area contributed by atoms with Crippen LogP contribution in [-0.2, 0) is 0 Å². The molecule has 13 heavy (non-hydrogen) atoms. The molecular weight excluding hydrogens is 174 g/mol. The number of nitrogens with zero attached hydrogens (tertiary/aromatic N) is 3. The van der Waals surface area contributed by atoms with E-state index >= 15 is 0 Å². The third-order valence-corrected chi connectivity index (χ3v) is 1.38. The fraction of sp³-hybridized carbons (Fsp3) is 0. The van der Waals surface area contributed by atoms with Crippen molar-refractivity contribution in [1.29, 1.82) is 0 Å². The molecule has 0 bridgehead atoms. The van der Waals surface area contributed by atoms with E-state index in [9.17, 15) is 0 Å². The minimum absolute atomic E-state index is 0. The van der Waals surface area contributed by atoms with Gasteiger partial charge in [-0.25, -0.2) is 0 Å². The monoisotopic (exact) mass is 180 g/mol. The van der Waals surface area contributed by atoms with Gasteiger partial charge in [-0.05, 0) is 5.21 Å². The number of benzene rings is 1. The van der Waals surface area contributed by atoms with Gasteiger partial charge >= 0.3 is 29.6 Å². The van der Waals surface area contributed by atoms with Crippen molar-refractivity contribution in [3.63, 3.8) is 0 Å². The molecule has 0 fully saturated rings. The van der Waals surface area contributed by atoms with Crippen molar-refractivity contribution in [1.82, 2.24) is 20.6 Å². The van der Waals surface area contributed by atoms with Gasteiger partial charge in [-0.15, -0.1) is 10.2 Å². The van der Waals surface area contributed by atoms with Gasteiger partial charge in [0.05, 0.1) is 0 Å². The molecule has 1 N–H and O–H groups in total. The van der Waals surface area contributed by atoms with Crippen LogP contribution >= 0.6 is 0 Å². The van der Waals surface area contributed by atoms with Crippen molar-refractivity contribution >= 4 is 8.41 Å². The third kappa shape index (κ3) is 2.95. The Bertz CT molecular complexity index is 323. The smallest absolute Gasteiger partial charge is 1.00 e. The summed E-state index contributed by atoms with van der Waals surface area (Å²) in [5.41, 5.74) is 0.973. The standard InChI is InChI=1S/C7H6N4.B.Na/c1-2-4-6(5-3-1)7-8-10-11-9-7;;/h1-5H,(H,8,9,10,11);;/q;-1;+1. The van der Waals surface area contributed by atoms with Gasteiger partial charge in [0, 0.05) is 5.56 Å². The molecule has 0 spiro atoms. The average molecular weight is 180 g/mol. The first-order valence-corrected chi connectivity index (χ1v) is 3.26. The maximum atomic E-state index is 3.84. The van der Waals surface area contributed by atoms with Crippen LogP contribution in [0.5, 0.6) is 0 Å². The molecule has 1 aromatic heterocycles. The fourth-order valence-corrected chi connectivity index (χ4v) is 0.871. The number of aromatic amines is 1. The summed E-state index contributed by atoms with van der Waals surface area (Å²) in [5.74, 6) is 0.630. The molecule has 0 saturated carbocycles. The molecular formula is C7H6BN4Na. The molecule has 0 aliphatic heterocycles. The minimum atomic E-state index is 0. The van der Waals surface area contributed by atoms with E-state index in [1.54, 1.807) is 0 Å². The number of rotatable bonds is 1. The van der Waals surface area contributed by atoms with Crippen LogP contribution < -0.4 is 29.6 Å². The maximum Gasteiger partial charge on any atom is 1.00 e. The molecule has 2 aromatic rings. The summed E-state index contributed by atoms with van der Waals surface area (Å²) >= 11 is 0. The summed E-state index contributed by atoms with van der Waals surface area (Å²) in [5, 5.41) is 13.5. The second kappa shape index (κ2) is 5.91. The van der Waals surface area contributed by atoms with E-state index in [2.05, 4.69) is 20.6 Å². The first-order chi connectivity index (χ1) is 5.47. The molecule has 0 amide bonds. The van der Waals surface area contributed by atoms with Crippen molar-refractivity contribution in [2.45, 2.75) is 0 Å². The number of aromatic nitrogens is 4. The van der Waals surface area contributed by atoms with Crippen LogP contribution in [0.2, 0.25) is 0 Å². The summed E-state index contributed by atoms with van der Waals surface area (Å²) in [4.78, 5) is 0. The van der Waals surface area contributed by atoms with Gasteiger partial charge < -0.3 is 8.41 Å². The quantitative estimate of drug-likeness (QED) is 0.493. The average Bonchev–Trinajstić information content (AvgIpc) is 2.58. The second-order valence-corrected chi connectivity index (χ2v) is 2.10. The number of H-pyrrole nitrogens is 1. The molecule has 0 unspecified atom stereocenters. The van der Waals surface area contributed by atoms with Crippen LogP contribution in [0.4, 0.5) is 0 Å². The summed E-state index contributed by atoms with van der Waals surface area (Å²) in [7, 11) is 0. The van der Waals surface area contributed by atoms with Gasteiger partial charge in [0.2, 0.25) is 5.82 Å². The molecule has 58 valence electrons. The van der Waals surface area contributed by atoms with Crippen molar-refractivity contribution in [3.05, 3.63) is 30.3 Å². The largest absolute Gasteiger partial charge is 1.00 e. The molecule has 4 nitrogen and oxygen atoms in total. The van der Waals surface area contributed by atoms with Crippen LogP contribution in [0.25, 0.3) is 11.4 Å². The molecule has 4 radical (unpaired) electrons. The number of hydrogen-bond acceptors (Lipinski definition) is 3. The van der Waals surface area contributed by atoms with E-state index in [0.29, 0.717) is 5.82 Å². The van der Waals surface area contributed by atoms with E-state index in [1.807, 2.05) is 30.3 Å². The van der Waals surface area contributed by atoms with Crippen LogP contribution in [0.1, 0.15) is 0 Å². The van der Waals surface area contributed by atoms with E-state index in [1.165, 1.54) is 0 Å². The molecule has 1 heterocycles. The van der Waals surface area contributed by atoms with Crippen LogP contribution in [0.3, 0.4) is 0 Å². The summed E-state index contributed by atoms with van der Waals surface area (Å²) in [6, 6.07) is 9.69. The Labute approximate surface area is 100.0 Å². The number of tetrazole rings is 1. The van der Waals surface area contributed by atoms with E-state index < -0.39 is 0 Å². The SMILES string of the molecule is [B-].[Na+].c1ccc(-c2nn[nH]n2)cc1. The molecule has 0 aliphatic carbocycles. The van der Waals surface area contributed by atoms with Gasteiger partial charge in [-0.2, -0.15) is 5.21 Å². The molecule has 1 aromatic carbocycles. The molecule has 2 rings (SSSR count). The van der Waals surface area contributed by atoms with Crippen molar-refractivity contribution in [3.8, 4) is 11.4 Å².